The molecule has 164 valence electrons. The van der Waals surface area contributed by atoms with Crippen LogP contribution < -0.4 is 9.64 Å². The number of nitrogens with zero attached hydrogens (tertiary/aromatic N) is 3. The summed E-state index contributed by atoms with van der Waals surface area (Å²) in [6.45, 7) is 0.816. The highest BCUT2D eigenvalue weighted by atomic mass is 35.5. The first-order valence-electron chi connectivity index (χ1n) is 9.07. The largest absolute Gasteiger partial charge is 0.493 e. The lowest BCUT2D eigenvalue weighted by Crippen LogP contribution is -2.41. The van der Waals surface area contributed by atoms with E-state index in [2.05, 4.69) is 4.98 Å². The van der Waals surface area contributed by atoms with Crippen LogP contribution >= 0.6 is 11.6 Å². The van der Waals surface area contributed by atoms with Crippen LogP contribution in [-0.2, 0) is 10.0 Å². The number of pyridine rings is 1. The summed E-state index contributed by atoms with van der Waals surface area (Å²) in [6, 6.07) is 5.83. The number of aromatic nitrogens is 1. The first-order chi connectivity index (χ1) is 13.9. The molecule has 1 aromatic heterocycles. The van der Waals surface area contributed by atoms with Gasteiger partial charge in [-0.05, 0) is 37.6 Å². The van der Waals surface area contributed by atoms with Crippen LogP contribution in [0.5, 0.6) is 5.75 Å². The van der Waals surface area contributed by atoms with E-state index in [4.69, 9.17) is 16.3 Å². The van der Waals surface area contributed by atoms with Gasteiger partial charge in [0.2, 0.25) is 15.9 Å². The summed E-state index contributed by atoms with van der Waals surface area (Å²) in [5.41, 5.74) is 0.449. The number of fused-ring (bicyclic) bond motifs is 1. The molecule has 0 fully saturated rings. The van der Waals surface area contributed by atoms with E-state index in [0.717, 1.165) is 11.2 Å². The molecule has 0 N–H and O–H groups in total. The number of anilines is 2. The smallest absolute Gasteiger partial charge is 0.246 e. The maximum Gasteiger partial charge on any atom is 0.246 e. The van der Waals surface area contributed by atoms with Crippen molar-refractivity contribution in [2.75, 3.05) is 25.6 Å². The number of halogens is 4. The Morgan fingerprint density at radius 2 is 1.93 bits per heavy atom. The van der Waals surface area contributed by atoms with Crippen LogP contribution in [0.25, 0.3) is 0 Å². The van der Waals surface area contributed by atoms with Gasteiger partial charge in [-0.1, -0.05) is 11.6 Å². The van der Waals surface area contributed by atoms with Crippen molar-refractivity contribution < 1.29 is 26.3 Å². The molecule has 11 heteroatoms. The molecule has 0 bridgehead atoms. The minimum absolute atomic E-state index is 0.0185. The maximum absolute atomic E-state index is 13.5. The quantitative estimate of drug-likeness (QED) is 0.613. The van der Waals surface area contributed by atoms with Crippen molar-refractivity contribution >= 4 is 33.1 Å². The fourth-order valence-electron chi connectivity index (χ4n) is 3.28. The van der Waals surface area contributed by atoms with E-state index in [9.17, 15) is 21.6 Å². The summed E-state index contributed by atoms with van der Waals surface area (Å²) < 4.78 is 73.2. The van der Waals surface area contributed by atoms with E-state index in [0.29, 0.717) is 5.69 Å². The van der Waals surface area contributed by atoms with Gasteiger partial charge >= 0.3 is 0 Å². The van der Waals surface area contributed by atoms with Gasteiger partial charge in [0.25, 0.3) is 0 Å². The third-order valence-corrected chi connectivity index (χ3v) is 7.17. The molecule has 0 amide bonds. The molecule has 2 aromatic rings. The highest BCUT2D eigenvalue weighted by molar-refractivity contribution is 7.89. The second kappa shape index (κ2) is 8.24. The molecule has 0 aliphatic carbocycles. The van der Waals surface area contributed by atoms with Crippen molar-refractivity contribution in [2.24, 2.45) is 0 Å². The number of alkyl halides is 2. The van der Waals surface area contributed by atoms with Crippen molar-refractivity contribution in [3.05, 3.63) is 41.3 Å². The standard InChI is InChI=1S/C19H21ClF3N3O3S/c1-19(22,23)9-8-14-11-26(13-6-4-12(21)5-7-13)18-16(30(27,28)25(14)2)10-15(29-3)17(20)24-18/h4-7,10,14H,8-9,11H2,1-3H3/t14-/m1/s1. The van der Waals surface area contributed by atoms with Crippen LogP contribution in [-0.4, -0.2) is 50.4 Å². The Hall–Kier alpha value is -2.04. The second-order valence-electron chi connectivity index (χ2n) is 7.17. The van der Waals surface area contributed by atoms with Crippen molar-refractivity contribution in [2.45, 2.75) is 36.6 Å². The molecule has 6 nitrogen and oxygen atoms in total. The van der Waals surface area contributed by atoms with Crippen molar-refractivity contribution in [1.29, 1.82) is 0 Å². The zero-order valence-electron chi connectivity index (χ0n) is 16.6. The monoisotopic (exact) mass is 463 g/mol. The van der Waals surface area contributed by atoms with Gasteiger partial charge in [-0.2, -0.15) is 4.31 Å². The van der Waals surface area contributed by atoms with Gasteiger partial charge in [-0.15, -0.1) is 0 Å². The number of likely N-dealkylation sites (N-methyl/N-ethyl adjacent to an activating group) is 1. The number of benzene rings is 1. The fraction of sp³-hybridized carbons (Fsp3) is 0.421. The molecule has 1 atom stereocenters. The van der Waals surface area contributed by atoms with Crippen LogP contribution in [0.1, 0.15) is 19.8 Å². The fourth-order valence-corrected chi connectivity index (χ4v) is 5.01. The Labute approximate surface area is 178 Å². The summed E-state index contributed by atoms with van der Waals surface area (Å²) in [5, 5.41) is -0.0558. The van der Waals surface area contributed by atoms with Crippen LogP contribution in [0.15, 0.2) is 35.2 Å². The van der Waals surface area contributed by atoms with Crippen molar-refractivity contribution in [1.82, 2.24) is 9.29 Å². The minimum atomic E-state index is -4.10. The first-order valence-corrected chi connectivity index (χ1v) is 10.9. The zero-order valence-corrected chi connectivity index (χ0v) is 18.1. The highest BCUT2D eigenvalue weighted by Gasteiger charge is 2.39. The Morgan fingerprint density at radius 1 is 1.30 bits per heavy atom. The van der Waals surface area contributed by atoms with Crippen LogP contribution in [0, 0.1) is 5.82 Å². The molecule has 1 aliphatic heterocycles. The van der Waals surface area contributed by atoms with Gasteiger partial charge in [0.1, 0.15) is 10.7 Å². The molecule has 2 heterocycles. The third kappa shape index (κ3) is 4.50. The SMILES string of the molecule is COc1cc2c(nc1Cl)N(c1ccc(F)cc1)C[C@@H](CCC(C)(F)F)N(C)S2(=O)=O. The zero-order chi connectivity index (χ0) is 22.3. The summed E-state index contributed by atoms with van der Waals surface area (Å²) in [7, 11) is -1.44. The lowest BCUT2D eigenvalue weighted by atomic mass is 10.1. The van der Waals surface area contributed by atoms with Crippen LogP contribution in [0.2, 0.25) is 5.15 Å². The molecule has 0 saturated heterocycles. The summed E-state index contributed by atoms with van der Waals surface area (Å²) in [5.74, 6) is -3.34. The summed E-state index contributed by atoms with van der Waals surface area (Å²) in [6.07, 6.45) is -0.585. The van der Waals surface area contributed by atoms with Gasteiger partial charge < -0.3 is 9.64 Å². The van der Waals surface area contributed by atoms with E-state index < -0.39 is 34.2 Å². The lowest BCUT2D eigenvalue weighted by Gasteiger charge is -2.29. The molecular formula is C19H21ClF3N3O3S. The average molecular weight is 464 g/mol. The second-order valence-corrected chi connectivity index (χ2v) is 9.50. The van der Waals surface area contributed by atoms with E-state index in [1.807, 2.05) is 0 Å². The normalized spacial score (nSPS) is 19.3. The van der Waals surface area contributed by atoms with Crippen LogP contribution in [0.3, 0.4) is 0 Å². The molecule has 1 aliphatic rings. The predicted octanol–water partition coefficient (Wildman–Crippen LogP) is 4.46. The molecule has 1 aromatic carbocycles. The van der Waals surface area contributed by atoms with E-state index in [1.165, 1.54) is 44.5 Å². The third-order valence-electron chi connectivity index (χ3n) is 4.98. The highest BCUT2D eigenvalue weighted by Crippen LogP contribution is 2.40. The van der Waals surface area contributed by atoms with Gasteiger partial charge in [-0.3, -0.25) is 0 Å². The topological polar surface area (TPSA) is 62.7 Å². The summed E-state index contributed by atoms with van der Waals surface area (Å²) in [4.78, 5) is 5.58. The molecule has 0 spiro atoms. The van der Waals surface area contributed by atoms with Crippen molar-refractivity contribution in [3.63, 3.8) is 0 Å². The summed E-state index contributed by atoms with van der Waals surface area (Å²) >= 11 is 6.15. The van der Waals surface area contributed by atoms with Crippen molar-refractivity contribution in [3.8, 4) is 5.75 Å². The number of hydrogen-bond donors (Lipinski definition) is 0. The molecule has 0 saturated carbocycles. The van der Waals surface area contributed by atoms with E-state index in [1.54, 1.807) is 4.90 Å². The van der Waals surface area contributed by atoms with Gasteiger partial charge in [0.05, 0.1) is 7.11 Å². The minimum Gasteiger partial charge on any atom is -0.493 e. The Kier molecular flexibility index (Phi) is 6.22. The number of rotatable bonds is 5. The Morgan fingerprint density at radius 3 is 2.50 bits per heavy atom. The Bertz CT molecular complexity index is 1030. The number of sulfonamides is 1. The van der Waals surface area contributed by atoms with Crippen LogP contribution in [0.4, 0.5) is 24.7 Å². The van der Waals surface area contributed by atoms with E-state index >= 15 is 0 Å². The van der Waals surface area contributed by atoms with Gasteiger partial charge in [0.15, 0.2) is 16.7 Å². The Balaban J connectivity index is 2.18. The molecule has 30 heavy (non-hydrogen) atoms. The lowest BCUT2D eigenvalue weighted by molar-refractivity contribution is 0.00680. The predicted molar refractivity (Wildman–Crippen MR) is 108 cm³/mol. The maximum atomic E-state index is 13.5. The molecule has 0 unspecified atom stereocenters. The first kappa shape index (κ1) is 22.6. The number of ether oxygens (including phenoxy) is 1. The van der Waals surface area contributed by atoms with E-state index in [-0.39, 0.29) is 34.6 Å². The van der Waals surface area contributed by atoms with Gasteiger partial charge in [-0.25, -0.2) is 26.6 Å². The molecular weight excluding hydrogens is 443 g/mol. The molecule has 0 radical (unpaired) electrons. The van der Waals surface area contributed by atoms with Gasteiger partial charge in [0, 0.05) is 37.8 Å². The molecule has 3 rings (SSSR count). The number of hydrogen-bond acceptors (Lipinski definition) is 5. The number of methoxy groups -OCH3 is 1. The average Bonchev–Trinajstić information content (AvgIpc) is 2.74.